The van der Waals surface area contributed by atoms with Crippen molar-refractivity contribution in [1.29, 1.82) is 0 Å². The molecule has 2 heterocycles. The van der Waals surface area contributed by atoms with E-state index in [0.717, 1.165) is 12.3 Å². The quantitative estimate of drug-likeness (QED) is 0.809. The predicted octanol–water partition coefficient (Wildman–Crippen LogP) is 2.65. The van der Waals surface area contributed by atoms with Gasteiger partial charge in [0.05, 0.1) is 0 Å². The Labute approximate surface area is 108 Å². The SMILES string of the molecule is FC(F)(F)c1ccnc(-c2nc(Cl)nc(Cl)n2)n1. The van der Waals surface area contributed by atoms with Crippen LogP contribution in [0.2, 0.25) is 10.6 Å². The van der Waals surface area contributed by atoms with Gasteiger partial charge in [-0.1, -0.05) is 0 Å². The van der Waals surface area contributed by atoms with Crippen LogP contribution < -0.4 is 0 Å². The van der Waals surface area contributed by atoms with Crippen molar-refractivity contribution in [2.45, 2.75) is 6.18 Å². The second kappa shape index (κ2) is 4.62. The first kappa shape index (κ1) is 12.9. The fraction of sp³-hybridized carbons (Fsp3) is 0.125. The van der Waals surface area contributed by atoms with Crippen LogP contribution in [-0.4, -0.2) is 24.9 Å². The lowest BCUT2D eigenvalue weighted by Crippen LogP contribution is -2.09. The van der Waals surface area contributed by atoms with E-state index in [2.05, 4.69) is 24.9 Å². The summed E-state index contributed by atoms with van der Waals surface area (Å²) < 4.78 is 37.3. The van der Waals surface area contributed by atoms with E-state index in [0.29, 0.717) is 0 Å². The molecule has 94 valence electrons. The maximum absolute atomic E-state index is 12.4. The molecule has 0 N–H and O–H groups in total. The molecule has 0 amide bonds. The average Bonchev–Trinajstić information content (AvgIpc) is 2.27. The first-order valence-electron chi connectivity index (χ1n) is 4.34. The summed E-state index contributed by atoms with van der Waals surface area (Å²) >= 11 is 11.0. The summed E-state index contributed by atoms with van der Waals surface area (Å²) in [5.41, 5.74) is -1.11. The zero-order valence-corrected chi connectivity index (χ0v) is 9.79. The Balaban J connectivity index is 2.51. The molecule has 0 aliphatic heterocycles. The Morgan fingerprint density at radius 1 is 0.889 bits per heavy atom. The van der Waals surface area contributed by atoms with E-state index in [9.17, 15) is 13.2 Å². The lowest BCUT2D eigenvalue weighted by atomic mass is 10.4. The number of hydrogen-bond acceptors (Lipinski definition) is 5. The normalized spacial score (nSPS) is 11.6. The van der Waals surface area contributed by atoms with Crippen LogP contribution in [0.3, 0.4) is 0 Å². The molecule has 0 bridgehead atoms. The minimum atomic E-state index is -4.59. The van der Waals surface area contributed by atoms with Gasteiger partial charge in [0.2, 0.25) is 16.4 Å². The highest BCUT2D eigenvalue weighted by molar-refractivity contribution is 6.31. The van der Waals surface area contributed by atoms with Gasteiger partial charge in [-0.15, -0.1) is 0 Å². The molecule has 0 atom stereocenters. The molecule has 18 heavy (non-hydrogen) atoms. The lowest BCUT2D eigenvalue weighted by Gasteiger charge is -2.06. The third-order valence-corrected chi connectivity index (χ3v) is 2.06. The third kappa shape index (κ3) is 2.82. The second-order valence-electron chi connectivity index (χ2n) is 2.96. The molecule has 2 aromatic heterocycles. The predicted molar refractivity (Wildman–Crippen MR) is 55.9 cm³/mol. The number of aromatic nitrogens is 5. The van der Waals surface area contributed by atoms with Gasteiger partial charge < -0.3 is 0 Å². The molecule has 0 aliphatic carbocycles. The van der Waals surface area contributed by atoms with Gasteiger partial charge in [0.15, 0.2) is 5.82 Å². The molecule has 0 saturated heterocycles. The van der Waals surface area contributed by atoms with Gasteiger partial charge in [0.25, 0.3) is 0 Å². The van der Waals surface area contributed by atoms with Crippen LogP contribution in [0.15, 0.2) is 12.3 Å². The molecule has 0 unspecified atom stereocenters. The summed E-state index contributed by atoms with van der Waals surface area (Å²) in [6.07, 6.45) is -3.64. The fourth-order valence-electron chi connectivity index (χ4n) is 1.05. The molecule has 0 spiro atoms. The number of hydrogen-bond donors (Lipinski definition) is 0. The van der Waals surface area contributed by atoms with E-state index in [1.165, 1.54) is 0 Å². The highest BCUT2D eigenvalue weighted by atomic mass is 35.5. The number of alkyl halides is 3. The van der Waals surface area contributed by atoms with Crippen LogP contribution in [-0.2, 0) is 6.18 Å². The van der Waals surface area contributed by atoms with Crippen molar-refractivity contribution in [3.05, 3.63) is 28.5 Å². The molecule has 0 saturated carbocycles. The summed E-state index contributed by atoms with van der Waals surface area (Å²) in [6.45, 7) is 0. The van der Waals surface area contributed by atoms with Gasteiger partial charge >= 0.3 is 6.18 Å². The van der Waals surface area contributed by atoms with E-state index in [1.54, 1.807) is 0 Å². The third-order valence-electron chi connectivity index (χ3n) is 1.73. The van der Waals surface area contributed by atoms with Crippen LogP contribution in [0, 0.1) is 0 Å². The fourth-order valence-corrected chi connectivity index (χ4v) is 1.41. The van der Waals surface area contributed by atoms with Crippen molar-refractivity contribution in [1.82, 2.24) is 24.9 Å². The highest BCUT2D eigenvalue weighted by Gasteiger charge is 2.33. The van der Waals surface area contributed by atoms with E-state index < -0.39 is 11.9 Å². The van der Waals surface area contributed by atoms with Gasteiger partial charge in [-0.25, -0.2) is 9.97 Å². The Kier molecular flexibility index (Phi) is 3.31. The van der Waals surface area contributed by atoms with Crippen LogP contribution in [0.25, 0.3) is 11.6 Å². The maximum Gasteiger partial charge on any atom is 0.433 e. The summed E-state index contributed by atoms with van der Waals surface area (Å²) in [4.78, 5) is 17.6. The van der Waals surface area contributed by atoms with Gasteiger partial charge in [-0.2, -0.15) is 28.1 Å². The minimum absolute atomic E-state index is 0.230. The van der Waals surface area contributed by atoms with Crippen molar-refractivity contribution < 1.29 is 13.2 Å². The topological polar surface area (TPSA) is 64.5 Å². The number of nitrogens with zero attached hydrogens (tertiary/aromatic N) is 5. The van der Waals surface area contributed by atoms with E-state index in [1.807, 2.05) is 0 Å². The van der Waals surface area contributed by atoms with E-state index in [4.69, 9.17) is 23.2 Å². The number of rotatable bonds is 1. The molecule has 2 aromatic rings. The molecular formula is C8H2Cl2F3N5. The maximum atomic E-state index is 12.4. The van der Waals surface area contributed by atoms with Crippen molar-refractivity contribution >= 4 is 23.2 Å². The second-order valence-corrected chi connectivity index (χ2v) is 3.64. The van der Waals surface area contributed by atoms with Crippen LogP contribution in [0.4, 0.5) is 13.2 Å². The Bertz CT molecular complexity index is 569. The van der Waals surface area contributed by atoms with Gasteiger partial charge in [0.1, 0.15) is 5.69 Å². The Morgan fingerprint density at radius 2 is 1.50 bits per heavy atom. The van der Waals surface area contributed by atoms with Crippen LogP contribution in [0.5, 0.6) is 0 Å². The summed E-state index contributed by atoms with van der Waals surface area (Å²) in [7, 11) is 0. The highest BCUT2D eigenvalue weighted by Crippen LogP contribution is 2.28. The smallest absolute Gasteiger partial charge is 0.234 e. The van der Waals surface area contributed by atoms with Gasteiger partial charge in [-0.05, 0) is 29.3 Å². The molecule has 0 fully saturated rings. The lowest BCUT2D eigenvalue weighted by molar-refractivity contribution is -0.141. The summed E-state index contributed by atoms with van der Waals surface area (Å²) in [6, 6.07) is 0.730. The molecule has 0 aromatic carbocycles. The summed E-state index contributed by atoms with van der Waals surface area (Å²) in [5.74, 6) is -0.567. The summed E-state index contributed by atoms with van der Waals surface area (Å²) in [5, 5.41) is -0.517. The zero-order chi connectivity index (χ0) is 13.3. The molecule has 0 aliphatic rings. The first-order chi connectivity index (χ1) is 8.36. The largest absolute Gasteiger partial charge is 0.433 e. The van der Waals surface area contributed by atoms with Crippen molar-refractivity contribution in [3.8, 4) is 11.6 Å². The molecule has 10 heteroatoms. The molecule has 2 rings (SSSR count). The molecule has 0 radical (unpaired) electrons. The van der Waals surface area contributed by atoms with Crippen LogP contribution in [0.1, 0.15) is 5.69 Å². The monoisotopic (exact) mass is 295 g/mol. The number of halogens is 5. The Morgan fingerprint density at radius 3 is 2.06 bits per heavy atom. The minimum Gasteiger partial charge on any atom is -0.234 e. The van der Waals surface area contributed by atoms with E-state index in [-0.39, 0.29) is 22.2 Å². The van der Waals surface area contributed by atoms with Crippen molar-refractivity contribution in [2.24, 2.45) is 0 Å². The Hall–Kier alpha value is -1.54. The van der Waals surface area contributed by atoms with E-state index >= 15 is 0 Å². The molecule has 5 nitrogen and oxygen atoms in total. The average molecular weight is 296 g/mol. The van der Waals surface area contributed by atoms with Gasteiger partial charge in [-0.3, -0.25) is 0 Å². The van der Waals surface area contributed by atoms with Crippen molar-refractivity contribution in [3.63, 3.8) is 0 Å². The zero-order valence-electron chi connectivity index (χ0n) is 8.28. The van der Waals surface area contributed by atoms with Crippen molar-refractivity contribution in [2.75, 3.05) is 0 Å². The first-order valence-corrected chi connectivity index (χ1v) is 5.09. The standard InChI is InChI=1S/C8H2Cl2F3N5/c9-6-16-5(17-7(10)18-6)4-14-2-1-3(15-4)8(11,12)13/h1-2H. The van der Waals surface area contributed by atoms with Crippen LogP contribution >= 0.6 is 23.2 Å². The molecular weight excluding hydrogens is 294 g/mol. The van der Waals surface area contributed by atoms with Gasteiger partial charge in [0, 0.05) is 6.20 Å².